The number of nitrogens with one attached hydrogen (secondary N) is 2. The monoisotopic (exact) mass is 198 g/mol. The van der Waals surface area contributed by atoms with Gasteiger partial charge < -0.3 is 21.3 Å². The van der Waals surface area contributed by atoms with E-state index in [1.165, 1.54) is 13.0 Å². The molecule has 4 N–H and O–H groups in total. The Morgan fingerprint density at radius 1 is 1.29 bits per heavy atom. The van der Waals surface area contributed by atoms with Crippen molar-refractivity contribution in [2.24, 2.45) is 17.6 Å². The average Bonchev–Trinajstić information content (AvgIpc) is 2.19. The van der Waals surface area contributed by atoms with Gasteiger partial charge in [0.15, 0.2) is 0 Å². The third-order valence-corrected chi connectivity index (χ3v) is 3.59. The molecule has 2 heterocycles. The largest absolute Gasteiger partial charge is 0.326 e. The van der Waals surface area contributed by atoms with E-state index in [9.17, 15) is 0 Å². The van der Waals surface area contributed by atoms with Crippen molar-refractivity contribution in [2.75, 3.05) is 39.9 Å². The highest BCUT2D eigenvalue weighted by Crippen LogP contribution is 2.23. The highest BCUT2D eigenvalue weighted by molar-refractivity contribution is 4.88. The Balaban J connectivity index is 1.89. The molecule has 0 aliphatic carbocycles. The lowest BCUT2D eigenvalue weighted by atomic mass is 9.80. The van der Waals surface area contributed by atoms with Crippen molar-refractivity contribution in [1.29, 1.82) is 0 Å². The molecule has 0 radical (unpaired) electrons. The first kappa shape index (κ1) is 10.4. The number of piperidine rings is 1. The first-order valence-corrected chi connectivity index (χ1v) is 5.63. The van der Waals surface area contributed by atoms with Crippen LogP contribution in [-0.2, 0) is 0 Å². The standard InChI is InChI=1S/C10H22N4/c1-14-3-2-9(10(11)6-14)8-4-12-7-13-5-8/h8-10,12-13H,2-7,11H2,1H3. The molecule has 0 aromatic heterocycles. The Morgan fingerprint density at radius 3 is 2.64 bits per heavy atom. The van der Waals surface area contributed by atoms with Crippen LogP contribution in [0, 0.1) is 11.8 Å². The number of hydrogen-bond donors (Lipinski definition) is 3. The zero-order chi connectivity index (χ0) is 9.97. The second-order valence-corrected chi connectivity index (χ2v) is 4.72. The van der Waals surface area contributed by atoms with Crippen LogP contribution in [-0.4, -0.2) is 50.8 Å². The molecule has 2 unspecified atom stereocenters. The van der Waals surface area contributed by atoms with Gasteiger partial charge in [-0.05, 0) is 31.8 Å². The third kappa shape index (κ3) is 2.25. The molecule has 82 valence electrons. The molecule has 2 saturated heterocycles. The summed E-state index contributed by atoms with van der Waals surface area (Å²) in [6, 6.07) is 0.362. The van der Waals surface area contributed by atoms with E-state index in [4.69, 9.17) is 5.73 Å². The molecule has 4 nitrogen and oxygen atoms in total. The highest BCUT2D eigenvalue weighted by Gasteiger charge is 2.31. The summed E-state index contributed by atoms with van der Waals surface area (Å²) in [5.74, 6) is 1.43. The summed E-state index contributed by atoms with van der Waals surface area (Å²) < 4.78 is 0. The summed E-state index contributed by atoms with van der Waals surface area (Å²) in [4.78, 5) is 2.34. The van der Waals surface area contributed by atoms with Crippen molar-refractivity contribution in [2.45, 2.75) is 12.5 Å². The topological polar surface area (TPSA) is 53.3 Å². The van der Waals surface area contributed by atoms with Crippen LogP contribution in [0.25, 0.3) is 0 Å². The summed E-state index contributed by atoms with van der Waals surface area (Å²) in [6.07, 6.45) is 1.26. The smallest absolute Gasteiger partial charge is 0.0454 e. The third-order valence-electron chi connectivity index (χ3n) is 3.59. The number of rotatable bonds is 1. The lowest BCUT2D eigenvalue weighted by Crippen LogP contribution is -2.55. The lowest BCUT2D eigenvalue weighted by molar-refractivity contribution is 0.131. The van der Waals surface area contributed by atoms with Gasteiger partial charge in [0.05, 0.1) is 0 Å². The second-order valence-electron chi connectivity index (χ2n) is 4.72. The Hall–Kier alpha value is -0.160. The zero-order valence-corrected chi connectivity index (χ0v) is 9.00. The van der Waals surface area contributed by atoms with Crippen LogP contribution in [0.15, 0.2) is 0 Å². The first-order chi connectivity index (χ1) is 6.77. The van der Waals surface area contributed by atoms with Gasteiger partial charge in [-0.1, -0.05) is 0 Å². The van der Waals surface area contributed by atoms with E-state index in [0.717, 1.165) is 32.2 Å². The SMILES string of the molecule is CN1CCC(C2CNCNC2)C(N)C1. The van der Waals surface area contributed by atoms with Crippen molar-refractivity contribution >= 4 is 0 Å². The Morgan fingerprint density at radius 2 is 2.00 bits per heavy atom. The molecule has 14 heavy (non-hydrogen) atoms. The van der Waals surface area contributed by atoms with Crippen LogP contribution < -0.4 is 16.4 Å². The van der Waals surface area contributed by atoms with E-state index in [1.54, 1.807) is 0 Å². The van der Waals surface area contributed by atoms with Crippen molar-refractivity contribution in [3.8, 4) is 0 Å². The summed E-state index contributed by atoms with van der Waals surface area (Å²) in [5.41, 5.74) is 6.20. The molecule has 0 aromatic rings. The molecule has 0 amide bonds. The summed E-state index contributed by atoms with van der Waals surface area (Å²) in [7, 11) is 2.16. The van der Waals surface area contributed by atoms with Crippen LogP contribution >= 0.6 is 0 Å². The van der Waals surface area contributed by atoms with Gasteiger partial charge in [-0.25, -0.2) is 0 Å². The Bertz CT molecular complexity index is 179. The number of likely N-dealkylation sites (tertiary alicyclic amines) is 1. The predicted molar refractivity (Wildman–Crippen MR) is 57.9 cm³/mol. The van der Waals surface area contributed by atoms with Crippen LogP contribution in [0.4, 0.5) is 0 Å². The van der Waals surface area contributed by atoms with Crippen LogP contribution in [0.5, 0.6) is 0 Å². The molecule has 2 rings (SSSR count). The number of likely N-dealkylation sites (N-methyl/N-ethyl adjacent to an activating group) is 1. The fourth-order valence-electron chi connectivity index (χ4n) is 2.73. The minimum atomic E-state index is 0.362. The average molecular weight is 198 g/mol. The fourth-order valence-corrected chi connectivity index (χ4v) is 2.73. The first-order valence-electron chi connectivity index (χ1n) is 5.63. The molecule has 2 aliphatic rings. The molecule has 0 bridgehead atoms. The normalized spacial score (nSPS) is 37.3. The van der Waals surface area contributed by atoms with Gasteiger partial charge >= 0.3 is 0 Å². The lowest BCUT2D eigenvalue weighted by Gasteiger charge is -2.40. The summed E-state index contributed by atoms with van der Waals surface area (Å²) in [6.45, 7) is 5.48. The summed E-state index contributed by atoms with van der Waals surface area (Å²) in [5, 5.41) is 6.77. The van der Waals surface area contributed by atoms with E-state index >= 15 is 0 Å². The number of nitrogens with zero attached hydrogens (tertiary/aromatic N) is 1. The highest BCUT2D eigenvalue weighted by atomic mass is 15.1. The van der Waals surface area contributed by atoms with Crippen molar-refractivity contribution in [1.82, 2.24) is 15.5 Å². The molecule has 2 fully saturated rings. The molecule has 2 atom stereocenters. The van der Waals surface area contributed by atoms with Crippen molar-refractivity contribution in [3.63, 3.8) is 0 Å². The molecule has 0 spiro atoms. The fraction of sp³-hybridized carbons (Fsp3) is 1.00. The molecular weight excluding hydrogens is 176 g/mol. The van der Waals surface area contributed by atoms with Gasteiger partial charge in [-0.3, -0.25) is 0 Å². The predicted octanol–water partition coefficient (Wildman–Crippen LogP) is -0.968. The Labute approximate surface area is 86.2 Å². The summed E-state index contributed by atoms with van der Waals surface area (Å²) >= 11 is 0. The Kier molecular flexibility index (Phi) is 3.38. The van der Waals surface area contributed by atoms with Crippen molar-refractivity contribution < 1.29 is 0 Å². The number of hydrogen-bond acceptors (Lipinski definition) is 4. The van der Waals surface area contributed by atoms with Crippen LogP contribution in [0.2, 0.25) is 0 Å². The molecule has 0 saturated carbocycles. The second kappa shape index (κ2) is 4.57. The minimum Gasteiger partial charge on any atom is -0.326 e. The van der Waals surface area contributed by atoms with Crippen LogP contribution in [0.3, 0.4) is 0 Å². The molecule has 2 aliphatic heterocycles. The molecular formula is C10H22N4. The molecule has 0 aromatic carbocycles. The van der Waals surface area contributed by atoms with Crippen LogP contribution in [0.1, 0.15) is 6.42 Å². The van der Waals surface area contributed by atoms with Gasteiger partial charge in [0.2, 0.25) is 0 Å². The zero-order valence-electron chi connectivity index (χ0n) is 9.00. The maximum atomic E-state index is 6.20. The molecule has 4 heteroatoms. The maximum absolute atomic E-state index is 6.20. The van der Waals surface area contributed by atoms with E-state index < -0.39 is 0 Å². The van der Waals surface area contributed by atoms with E-state index in [1.807, 2.05) is 0 Å². The number of nitrogens with two attached hydrogens (primary N) is 1. The van der Waals surface area contributed by atoms with Gasteiger partial charge in [-0.15, -0.1) is 0 Å². The maximum Gasteiger partial charge on any atom is 0.0454 e. The quantitative estimate of drug-likeness (QED) is 0.507. The van der Waals surface area contributed by atoms with Gasteiger partial charge in [0, 0.05) is 32.3 Å². The van der Waals surface area contributed by atoms with Gasteiger partial charge in [0.25, 0.3) is 0 Å². The van der Waals surface area contributed by atoms with E-state index in [2.05, 4.69) is 22.6 Å². The van der Waals surface area contributed by atoms with Gasteiger partial charge in [-0.2, -0.15) is 0 Å². The van der Waals surface area contributed by atoms with Gasteiger partial charge in [0.1, 0.15) is 0 Å². The van der Waals surface area contributed by atoms with E-state index in [-0.39, 0.29) is 0 Å². The minimum absolute atomic E-state index is 0.362. The van der Waals surface area contributed by atoms with E-state index in [0.29, 0.717) is 12.0 Å². The van der Waals surface area contributed by atoms with Crippen molar-refractivity contribution in [3.05, 3.63) is 0 Å².